The molecule has 2 aromatic carbocycles. The first kappa shape index (κ1) is 12.8. The zero-order valence-electron chi connectivity index (χ0n) is 12.3. The normalized spacial score (nSPS) is 11.1. The number of ketones is 1. The van der Waals surface area contributed by atoms with Crippen molar-refractivity contribution in [1.29, 1.82) is 0 Å². The maximum absolute atomic E-state index is 13.0. The van der Waals surface area contributed by atoms with Crippen molar-refractivity contribution in [3.63, 3.8) is 0 Å². The van der Waals surface area contributed by atoms with Crippen LogP contribution in [0.2, 0.25) is 0 Å². The van der Waals surface area contributed by atoms with Gasteiger partial charge in [-0.25, -0.2) is 0 Å². The molecule has 0 bridgehead atoms. The summed E-state index contributed by atoms with van der Waals surface area (Å²) in [6, 6.07) is 21.7. The van der Waals surface area contributed by atoms with E-state index >= 15 is 0 Å². The van der Waals surface area contributed by atoms with Crippen LogP contribution in [0.15, 0.2) is 72.9 Å². The third-order valence-electron chi connectivity index (χ3n) is 4.06. The molecule has 0 amide bonds. The Morgan fingerprint density at radius 1 is 0.864 bits per heavy atom. The van der Waals surface area contributed by atoms with E-state index < -0.39 is 0 Å². The smallest absolute Gasteiger partial charge is 0.210 e. The van der Waals surface area contributed by atoms with Crippen molar-refractivity contribution in [2.45, 2.75) is 6.92 Å². The van der Waals surface area contributed by atoms with Gasteiger partial charge in [0.05, 0.1) is 5.52 Å². The molecule has 0 saturated heterocycles. The summed E-state index contributed by atoms with van der Waals surface area (Å²) < 4.78 is 2.00. The molecule has 0 atom stereocenters. The van der Waals surface area contributed by atoms with Crippen molar-refractivity contribution in [2.24, 2.45) is 0 Å². The number of fused-ring (bicyclic) bond motifs is 3. The maximum atomic E-state index is 13.0. The second-order valence-electron chi connectivity index (χ2n) is 5.55. The Balaban J connectivity index is 2.09. The number of carbonyl (C=O) groups is 1. The van der Waals surface area contributed by atoms with Gasteiger partial charge in [0, 0.05) is 22.5 Å². The number of aryl methyl sites for hydroxylation is 1. The highest BCUT2D eigenvalue weighted by Gasteiger charge is 2.18. The van der Waals surface area contributed by atoms with Gasteiger partial charge in [0.15, 0.2) is 0 Å². The number of nitrogens with zero attached hydrogens (tertiary/aromatic N) is 1. The van der Waals surface area contributed by atoms with Crippen LogP contribution in [-0.2, 0) is 0 Å². The number of carbonyl (C=O) groups excluding carboxylic acids is 1. The Kier molecular flexibility index (Phi) is 2.83. The largest absolute Gasteiger partial charge is 0.313 e. The Morgan fingerprint density at radius 2 is 1.64 bits per heavy atom. The minimum absolute atomic E-state index is 0.0562. The fourth-order valence-corrected chi connectivity index (χ4v) is 3.02. The van der Waals surface area contributed by atoms with Gasteiger partial charge in [-0.1, -0.05) is 54.1 Å². The average molecular weight is 285 g/mol. The zero-order chi connectivity index (χ0) is 15.1. The molecule has 0 radical (unpaired) electrons. The predicted octanol–water partition coefficient (Wildman–Crippen LogP) is 4.63. The van der Waals surface area contributed by atoms with Crippen LogP contribution in [0.4, 0.5) is 0 Å². The highest BCUT2D eigenvalue weighted by molar-refractivity contribution is 6.19. The molecule has 22 heavy (non-hydrogen) atoms. The van der Waals surface area contributed by atoms with Crippen molar-refractivity contribution in [3.8, 4) is 0 Å². The number of rotatable bonds is 2. The highest BCUT2D eigenvalue weighted by atomic mass is 16.1. The molecule has 0 aliphatic carbocycles. The van der Waals surface area contributed by atoms with Crippen LogP contribution in [0.25, 0.3) is 16.3 Å². The first-order chi connectivity index (χ1) is 10.8. The van der Waals surface area contributed by atoms with Gasteiger partial charge in [-0.05, 0) is 25.1 Å². The molecular weight excluding hydrogens is 270 g/mol. The fraction of sp³-hybridized carbons (Fsp3) is 0.0500. The number of pyridine rings is 1. The Bertz CT molecular complexity index is 996. The third kappa shape index (κ3) is 1.85. The van der Waals surface area contributed by atoms with E-state index in [1.54, 1.807) is 0 Å². The molecule has 0 unspecified atom stereocenters. The van der Waals surface area contributed by atoms with Crippen LogP contribution in [-0.4, -0.2) is 10.2 Å². The maximum Gasteiger partial charge on any atom is 0.210 e. The van der Waals surface area contributed by atoms with E-state index in [0.717, 1.165) is 22.0 Å². The predicted molar refractivity (Wildman–Crippen MR) is 89.5 cm³/mol. The minimum Gasteiger partial charge on any atom is -0.313 e. The number of hydrogen-bond acceptors (Lipinski definition) is 1. The molecular formula is C20H15NO. The Labute approximate surface area is 128 Å². The van der Waals surface area contributed by atoms with Crippen molar-refractivity contribution < 1.29 is 4.79 Å². The zero-order valence-corrected chi connectivity index (χ0v) is 12.3. The average Bonchev–Trinajstić information content (AvgIpc) is 2.89. The molecule has 0 saturated carbocycles. The van der Waals surface area contributed by atoms with Crippen LogP contribution in [0.5, 0.6) is 0 Å². The van der Waals surface area contributed by atoms with Crippen molar-refractivity contribution in [1.82, 2.24) is 4.40 Å². The van der Waals surface area contributed by atoms with Crippen LogP contribution in [0.1, 0.15) is 21.6 Å². The quantitative estimate of drug-likeness (QED) is 0.492. The van der Waals surface area contributed by atoms with Gasteiger partial charge in [0.1, 0.15) is 5.69 Å². The molecule has 4 rings (SSSR count). The van der Waals surface area contributed by atoms with Gasteiger partial charge in [-0.15, -0.1) is 0 Å². The van der Waals surface area contributed by atoms with Gasteiger partial charge in [-0.2, -0.15) is 0 Å². The Hall–Kier alpha value is -2.87. The summed E-state index contributed by atoms with van der Waals surface area (Å²) in [6.45, 7) is 2.07. The van der Waals surface area contributed by atoms with Crippen molar-refractivity contribution >= 4 is 22.1 Å². The van der Waals surface area contributed by atoms with E-state index in [-0.39, 0.29) is 5.78 Å². The van der Waals surface area contributed by atoms with Crippen LogP contribution < -0.4 is 0 Å². The number of hydrogen-bond donors (Lipinski definition) is 0. The standard InChI is InChI=1S/C20H15NO/c1-14-10-11-16-17(13-14)18-9-5-6-12-21(18)19(16)20(22)15-7-3-2-4-8-15/h2-13H,1H3. The van der Waals surface area contributed by atoms with Crippen molar-refractivity contribution in [2.75, 3.05) is 0 Å². The Morgan fingerprint density at radius 3 is 2.45 bits per heavy atom. The van der Waals surface area contributed by atoms with Gasteiger partial charge in [-0.3, -0.25) is 4.79 Å². The summed E-state index contributed by atoms with van der Waals surface area (Å²) in [5.74, 6) is 0.0562. The molecule has 0 aliphatic rings. The van der Waals surface area contributed by atoms with Crippen molar-refractivity contribution in [3.05, 3.63) is 89.7 Å². The van der Waals surface area contributed by atoms with E-state index in [1.807, 2.05) is 59.1 Å². The number of aromatic nitrogens is 1. The number of benzene rings is 2. The lowest BCUT2D eigenvalue weighted by molar-refractivity contribution is 0.103. The van der Waals surface area contributed by atoms with Crippen LogP contribution >= 0.6 is 0 Å². The van der Waals surface area contributed by atoms with E-state index in [4.69, 9.17) is 0 Å². The van der Waals surface area contributed by atoms with E-state index in [9.17, 15) is 4.79 Å². The van der Waals surface area contributed by atoms with Crippen LogP contribution in [0, 0.1) is 6.92 Å². The first-order valence-electron chi connectivity index (χ1n) is 7.35. The van der Waals surface area contributed by atoms with Gasteiger partial charge in [0.2, 0.25) is 5.78 Å². The first-order valence-corrected chi connectivity index (χ1v) is 7.35. The second-order valence-corrected chi connectivity index (χ2v) is 5.55. The van der Waals surface area contributed by atoms with Crippen LogP contribution in [0.3, 0.4) is 0 Å². The molecule has 0 aliphatic heterocycles. The molecule has 0 fully saturated rings. The third-order valence-corrected chi connectivity index (χ3v) is 4.06. The fourth-order valence-electron chi connectivity index (χ4n) is 3.02. The molecule has 4 aromatic rings. The molecule has 2 nitrogen and oxygen atoms in total. The molecule has 106 valence electrons. The van der Waals surface area contributed by atoms with E-state index in [2.05, 4.69) is 25.1 Å². The summed E-state index contributed by atoms with van der Waals surface area (Å²) in [5.41, 5.74) is 3.72. The molecule has 2 heterocycles. The monoisotopic (exact) mass is 285 g/mol. The van der Waals surface area contributed by atoms with Gasteiger partial charge in [0.25, 0.3) is 0 Å². The molecule has 2 heteroatoms. The molecule has 0 spiro atoms. The SMILES string of the molecule is Cc1ccc2c(C(=O)c3ccccc3)n3ccccc3c2c1. The van der Waals surface area contributed by atoms with E-state index in [0.29, 0.717) is 5.56 Å². The summed E-state index contributed by atoms with van der Waals surface area (Å²) >= 11 is 0. The lowest BCUT2D eigenvalue weighted by Crippen LogP contribution is -2.05. The molecule has 0 N–H and O–H groups in total. The van der Waals surface area contributed by atoms with Gasteiger partial charge >= 0.3 is 0 Å². The minimum atomic E-state index is 0.0562. The summed E-state index contributed by atoms with van der Waals surface area (Å²) in [7, 11) is 0. The second kappa shape index (κ2) is 4.85. The summed E-state index contributed by atoms with van der Waals surface area (Å²) in [5, 5.41) is 2.13. The van der Waals surface area contributed by atoms with E-state index in [1.165, 1.54) is 5.56 Å². The van der Waals surface area contributed by atoms with Gasteiger partial charge < -0.3 is 4.40 Å². The summed E-state index contributed by atoms with van der Waals surface area (Å²) in [4.78, 5) is 13.0. The summed E-state index contributed by atoms with van der Waals surface area (Å²) in [6.07, 6.45) is 1.96. The lowest BCUT2D eigenvalue weighted by Gasteiger charge is -2.03. The topological polar surface area (TPSA) is 21.5 Å². The molecule has 2 aromatic heterocycles. The highest BCUT2D eigenvalue weighted by Crippen LogP contribution is 2.29. The lowest BCUT2D eigenvalue weighted by atomic mass is 10.0.